The van der Waals surface area contributed by atoms with Crippen molar-refractivity contribution in [1.82, 2.24) is 0 Å². The van der Waals surface area contributed by atoms with Crippen molar-refractivity contribution >= 4 is 11.6 Å². The summed E-state index contributed by atoms with van der Waals surface area (Å²) in [6.07, 6.45) is 8.62. The summed E-state index contributed by atoms with van der Waals surface area (Å²) in [5.41, 5.74) is 0. The number of fused-ring (bicyclic) bond motifs is 3. The Morgan fingerprint density at radius 3 is 3.08 bits per heavy atom. The van der Waals surface area contributed by atoms with E-state index in [1.54, 1.807) is 0 Å². The number of nitrogens with zero attached hydrogens (tertiary/aromatic N) is 1. The number of halogens is 1. The molecule has 0 saturated heterocycles. The first kappa shape index (κ1) is 8.13. The number of allylic oxidation sites excluding steroid dienone is 2. The summed E-state index contributed by atoms with van der Waals surface area (Å²) < 4.78 is 0. The molecule has 3 aliphatic rings. The highest BCUT2D eigenvalue weighted by Crippen LogP contribution is 2.45. The number of hydrogen-bond donors (Lipinski definition) is 0. The van der Waals surface area contributed by atoms with Crippen molar-refractivity contribution in [3.8, 4) is 6.07 Å². The minimum absolute atomic E-state index is 0.388. The Morgan fingerprint density at radius 2 is 2.33 bits per heavy atom. The van der Waals surface area contributed by atoms with Crippen molar-refractivity contribution in [3.63, 3.8) is 0 Å². The average molecular weight is 182 g/mol. The van der Waals surface area contributed by atoms with E-state index < -0.39 is 4.87 Å². The molecule has 0 heterocycles. The summed E-state index contributed by atoms with van der Waals surface area (Å²) >= 11 is 6.26. The van der Waals surface area contributed by atoms with Gasteiger partial charge in [0.1, 0.15) is 4.87 Å². The van der Waals surface area contributed by atoms with E-state index in [1.165, 1.54) is 6.42 Å². The molecule has 3 rings (SSSR count). The van der Waals surface area contributed by atoms with Gasteiger partial charge in [-0.2, -0.15) is 5.26 Å². The third-order valence-electron chi connectivity index (χ3n) is 3.11. The zero-order chi connectivity index (χ0) is 8.60. The Balaban J connectivity index is 2.28. The third-order valence-corrected chi connectivity index (χ3v) is 3.65. The minimum Gasteiger partial charge on any atom is -0.196 e. The molecule has 3 unspecified atom stereocenters. The van der Waals surface area contributed by atoms with Crippen molar-refractivity contribution in [2.45, 2.75) is 30.6 Å². The molecule has 0 amide bonds. The number of alkyl halides is 1. The molecule has 1 saturated carbocycles. The van der Waals surface area contributed by atoms with Crippen molar-refractivity contribution in [1.29, 1.82) is 5.26 Å². The Kier molecular flexibility index (Phi) is 1.88. The zero-order valence-corrected chi connectivity index (χ0v) is 7.72. The summed E-state index contributed by atoms with van der Waals surface area (Å²) in [7, 11) is 0. The number of nitriles is 1. The van der Waals surface area contributed by atoms with Gasteiger partial charge in [0.05, 0.1) is 6.07 Å². The zero-order valence-electron chi connectivity index (χ0n) is 6.96. The summed E-state index contributed by atoms with van der Waals surface area (Å²) in [5, 5.41) is 8.99. The first-order chi connectivity index (χ1) is 5.74. The molecule has 2 heteroatoms. The topological polar surface area (TPSA) is 23.8 Å². The largest absolute Gasteiger partial charge is 0.196 e. The Labute approximate surface area is 78.0 Å². The highest BCUT2D eigenvalue weighted by Gasteiger charge is 2.43. The maximum Gasteiger partial charge on any atom is 0.134 e. The fourth-order valence-electron chi connectivity index (χ4n) is 2.34. The summed E-state index contributed by atoms with van der Waals surface area (Å²) in [6.45, 7) is 0. The van der Waals surface area contributed by atoms with Crippen LogP contribution in [0.1, 0.15) is 25.7 Å². The van der Waals surface area contributed by atoms with Crippen LogP contribution in [0.5, 0.6) is 0 Å². The summed E-state index contributed by atoms with van der Waals surface area (Å²) in [5.74, 6) is 0.945. The van der Waals surface area contributed by atoms with Gasteiger partial charge in [0.2, 0.25) is 0 Å². The van der Waals surface area contributed by atoms with Crippen LogP contribution in [0.4, 0.5) is 0 Å². The molecule has 64 valence electrons. The van der Waals surface area contributed by atoms with Crippen LogP contribution in [0.3, 0.4) is 0 Å². The standard InChI is InChI=1S/C10H12ClN/c11-10(7-12)6-8-2-1-3-9(10)5-4-8/h1-2,8-9H,3-6H2. The highest BCUT2D eigenvalue weighted by molar-refractivity contribution is 6.26. The second-order valence-electron chi connectivity index (χ2n) is 3.88. The lowest BCUT2D eigenvalue weighted by molar-refractivity contribution is 0.286. The number of rotatable bonds is 0. The fourth-order valence-corrected chi connectivity index (χ4v) is 2.73. The molecule has 0 N–H and O–H groups in total. The van der Waals surface area contributed by atoms with E-state index in [0.29, 0.717) is 11.8 Å². The molecule has 0 radical (unpaired) electrons. The predicted molar refractivity (Wildman–Crippen MR) is 48.8 cm³/mol. The third kappa shape index (κ3) is 1.15. The molecule has 1 nitrogen and oxygen atoms in total. The molecule has 0 aromatic rings. The summed E-state index contributed by atoms with van der Waals surface area (Å²) in [4.78, 5) is -0.563. The molecule has 12 heavy (non-hydrogen) atoms. The normalized spacial score (nSPS) is 45.3. The smallest absolute Gasteiger partial charge is 0.134 e. The molecule has 3 atom stereocenters. The second-order valence-corrected chi connectivity index (χ2v) is 4.55. The molecule has 0 aromatic carbocycles. The van der Waals surface area contributed by atoms with Gasteiger partial charge in [-0.15, -0.1) is 11.6 Å². The number of hydrogen-bond acceptors (Lipinski definition) is 1. The quantitative estimate of drug-likeness (QED) is 0.417. The maximum absolute atomic E-state index is 8.99. The molecular weight excluding hydrogens is 170 g/mol. The Morgan fingerprint density at radius 1 is 1.50 bits per heavy atom. The molecule has 0 aliphatic heterocycles. The lowest BCUT2D eigenvalue weighted by Crippen LogP contribution is -2.35. The first-order valence-electron chi connectivity index (χ1n) is 4.51. The molecule has 0 aromatic heterocycles. The van der Waals surface area contributed by atoms with Gasteiger partial charge in [-0.05, 0) is 37.5 Å². The van der Waals surface area contributed by atoms with Crippen LogP contribution in [-0.4, -0.2) is 4.87 Å². The van der Waals surface area contributed by atoms with Gasteiger partial charge in [0.25, 0.3) is 0 Å². The van der Waals surface area contributed by atoms with Crippen molar-refractivity contribution < 1.29 is 0 Å². The highest BCUT2D eigenvalue weighted by atomic mass is 35.5. The Hall–Kier alpha value is -0.480. The lowest BCUT2D eigenvalue weighted by Gasteiger charge is -2.34. The van der Waals surface area contributed by atoms with Gasteiger partial charge in [0, 0.05) is 0 Å². The van der Waals surface area contributed by atoms with E-state index in [1.807, 2.05) is 0 Å². The van der Waals surface area contributed by atoms with E-state index in [4.69, 9.17) is 16.9 Å². The van der Waals surface area contributed by atoms with Crippen molar-refractivity contribution in [2.75, 3.05) is 0 Å². The average Bonchev–Trinajstić information content (AvgIpc) is 2.37. The fraction of sp³-hybridized carbons (Fsp3) is 0.700. The monoisotopic (exact) mass is 181 g/mol. The van der Waals surface area contributed by atoms with Crippen LogP contribution in [0.15, 0.2) is 12.2 Å². The van der Waals surface area contributed by atoms with E-state index in [9.17, 15) is 0 Å². The molecule has 1 fully saturated rings. The van der Waals surface area contributed by atoms with Gasteiger partial charge in [-0.1, -0.05) is 12.2 Å². The molecule has 2 bridgehead atoms. The molecule has 0 spiro atoms. The predicted octanol–water partition coefficient (Wildman–Crippen LogP) is 2.86. The summed E-state index contributed by atoms with van der Waals surface area (Å²) in [6, 6.07) is 2.28. The van der Waals surface area contributed by atoms with Crippen LogP contribution in [0.2, 0.25) is 0 Å². The van der Waals surface area contributed by atoms with Gasteiger partial charge >= 0.3 is 0 Å². The molecule has 3 aliphatic carbocycles. The van der Waals surface area contributed by atoms with Crippen LogP contribution in [-0.2, 0) is 0 Å². The van der Waals surface area contributed by atoms with E-state index in [0.717, 1.165) is 19.3 Å². The molecular formula is C10H12ClN. The van der Waals surface area contributed by atoms with Gasteiger partial charge in [-0.25, -0.2) is 0 Å². The van der Waals surface area contributed by atoms with Crippen LogP contribution in [0, 0.1) is 23.2 Å². The van der Waals surface area contributed by atoms with Crippen molar-refractivity contribution in [2.24, 2.45) is 11.8 Å². The maximum atomic E-state index is 8.99. The van der Waals surface area contributed by atoms with E-state index in [2.05, 4.69) is 18.2 Å². The first-order valence-corrected chi connectivity index (χ1v) is 4.89. The van der Waals surface area contributed by atoms with Gasteiger partial charge in [0.15, 0.2) is 0 Å². The lowest BCUT2D eigenvalue weighted by atomic mass is 9.75. The SMILES string of the molecule is N#CC1(Cl)CC2C=CCC1CC2. The Bertz CT molecular complexity index is 253. The van der Waals surface area contributed by atoms with Crippen molar-refractivity contribution in [3.05, 3.63) is 12.2 Å². The van der Waals surface area contributed by atoms with E-state index in [-0.39, 0.29) is 0 Å². The van der Waals surface area contributed by atoms with Crippen LogP contribution >= 0.6 is 11.6 Å². The van der Waals surface area contributed by atoms with Crippen LogP contribution < -0.4 is 0 Å². The van der Waals surface area contributed by atoms with E-state index >= 15 is 0 Å². The van der Waals surface area contributed by atoms with Gasteiger partial charge < -0.3 is 0 Å². The van der Waals surface area contributed by atoms with Crippen LogP contribution in [0.25, 0.3) is 0 Å². The van der Waals surface area contributed by atoms with Gasteiger partial charge in [-0.3, -0.25) is 0 Å². The second kappa shape index (κ2) is 2.78. The minimum atomic E-state index is -0.563.